The second-order valence-corrected chi connectivity index (χ2v) is 21.4. The van der Waals surface area contributed by atoms with Gasteiger partial charge in [-0.05, 0) is 157 Å². The summed E-state index contributed by atoms with van der Waals surface area (Å²) in [4.78, 5) is 3.72. The number of benzene rings is 10. The van der Waals surface area contributed by atoms with E-state index in [1.165, 1.54) is 12.1 Å². The Hall–Kier alpha value is -9.85. The maximum atomic E-state index is 14.5. The predicted octanol–water partition coefficient (Wildman–Crippen LogP) is 21.2. The van der Waals surface area contributed by atoms with Crippen molar-refractivity contribution in [1.29, 1.82) is 5.26 Å². The van der Waals surface area contributed by atoms with Gasteiger partial charge < -0.3 is 9.13 Å². The Morgan fingerprint density at radius 1 is 0.373 bits per heavy atom. The number of alkyl halides is 9. The molecule has 0 amide bonds. The van der Waals surface area contributed by atoms with Crippen molar-refractivity contribution in [2.45, 2.75) is 53.1 Å². The number of fused-ring (bicyclic) bond motifs is 6. The number of rotatable bonds is 7. The summed E-state index contributed by atoms with van der Waals surface area (Å²) >= 11 is 0. The standard InChI is InChI=1S/C70H45F9N4/c1-38-20-39(2)23-48(22-38)43-10-14-57-58-15-12-45(50-26-42(5)27-52(28-50)68(71,72)73)33-64(58)82(63(57)32-43)62-19-18-56(47-8-7-9-55(31-47)81-6)67(61(62)37-80)83-65-34-44(49-24-40(3)21-41(4)25-49)11-16-59(65)60-17-13-46(35-66(60)83)51-29-53(69(74,75)76)36-54(30-51)70(77,78)79/h7-36H,1-5H3. The molecule has 0 saturated heterocycles. The smallest absolute Gasteiger partial charge is 0.308 e. The highest BCUT2D eigenvalue weighted by Crippen LogP contribution is 2.47. The molecule has 83 heavy (non-hydrogen) atoms. The van der Waals surface area contributed by atoms with Crippen molar-refractivity contribution in [3.8, 4) is 73.1 Å². The zero-order chi connectivity index (χ0) is 58.6. The average Bonchev–Trinajstić information content (AvgIpc) is 4.16. The van der Waals surface area contributed by atoms with Gasteiger partial charge in [0.1, 0.15) is 11.6 Å². The Bertz CT molecular complexity index is 4710. The monoisotopic (exact) mass is 1110 g/mol. The van der Waals surface area contributed by atoms with Gasteiger partial charge in [-0.15, -0.1) is 0 Å². The average molecular weight is 1110 g/mol. The van der Waals surface area contributed by atoms with Crippen LogP contribution in [0.3, 0.4) is 0 Å². The predicted molar refractivity (Wildman–Crippen MR) is 312 cm³/mol. The quantitative estimate of drug-likeness (QED) is 0.116. The van der Waals surface area contributed by atoms with Crippen molar-refractivity contribution < 1.29 is 39.5 Å². The van der Waals surface area contributed by atoms with Gasteiger partial charge in [0.2, 0.25) is 0 Å². The first-order chi connectivity index (χ1) is 39.4. The minimum atomic E-state index is -5.13. The van der Waals surface area contributed by atoms with Gasteiger partial charge in [0.05, 0.1) is 56.7 Å². The molecule has 0 radical (unpaired) electrons. The lowest BCUT2D eigenvalue weighted by molar-refractivity contribution is -0.143. The molecule has 0 bridgehead atoms. The number of halogens is 9. The van der Waals surface area contributed by atoms with E-state index in [9.17, 15) is 44.8 Å². The lowest BCUT2D eigenvalue weighted by atomic mass is 9.96. The van der Waals surface area contributed by atoms with Crippen LogP contribution in [0.25, 0.3) is 115 Å². The molecular formula is C70H45F9N4. The summed E-state index contributed by atoms with van der Waals surface area (Å²) in [6.07, 6.45) is -14.9. The Labute approximate surface area is 471 Å². The summed E-state index contributed by atoms with van der Waals surface area (Å²) in [7, 11) is 0. The number of aromatic nitrogens is 2. The Morgan fingerprint density at radius 2 is 0.747 bits per heavy atom. The number of hydrogen-bond donors (Lipinski definition) is 0. The molecule has 12 aromatic rings. The molecular weight excluding hydrogens is 1070 g/mol. The van der Waals surface area contributed by atoms with Gasteiger partial charge in [0.25, 0.3) is 0 Å². The van der Waals surface area contributed by atoms with E-state index >= 15 is 0 Å². The molecule has 0 N–H and O–H groups in total. The van der Waals surface area contributed by atoms with Gasteiger partial charge in [0, 0.05) is 27.1 Å². The van der Waals surface area contributed by atoms with Crippen LogP contribution in [0, 0.1) is 52.5 Å². The van der Waals surface area contributed by atoms with Crippen LogP contribution in [-0.2, 0) is 18.5 Å². The van der Waals surface area contributed by atoms with Gasteiger partial charge in [-0.25, -0.2) is 4.85 Å². The maximum absolute atomic E-state index is 14.5. The molecule has 10 aromatic carbocycles. The van der Waals surface area contributed by atoms with Crippen LogP contribution in [0.4, 0.5) is 45.2 Å². The van der Waals surface area contributed by atoms with Crippen molar-refractivity contribution in [2.75, 3.05) is 0 Å². The largest absolute Gasteiger partial charge is 0.416 e. The van der Waals surface area contributed by atoms with Crippen LogP contribution in [0.1, 0.15) is 50.1 Å². The molecule has 0 aliphatic rings. The van der Waals surface area contributed by atoms with Gasteiger partial charge >= 0.3 is 18.5 Å². The van der Waals surface area contributed by atoms with E-state index in [0.29, 0.717) is 78.5 Å². The molecule has 0 fully saturated rings. The summed E-state index contributed by atoms with van der Waals surface area (Å²) < 4.78 is 134. The highest BCUT2D eigenvalue weighted by Gasteiger charge is 2.37. The van der Waals surface area contributed by atoms with Crippen molar-refractivity contribution in [3.05, 3.63) is 243 Å². The molecule has 0 aliphatic heterocycles. The first-order valence-electron chi connectivity index (χ1n) is 26.3. The van der Waals surface area contributed by atoms with Gasteiger partial charge in [-0.1, -0.05) is 138 Å². The Kier molecular flexibility index (Phi) is 12.8. The number of nitriles is 1. The zero-order valence-electron chi connectivity index (χ0n) is 45.0. The molecule has 4 nitrogen and oxygen atoms in total. The van der Waals surface area contributed by atoms with E-state index < -0.39 is 35.2 Å². The third kappa shape index (κ3) is 9.72. The SMILES string of the molecule is [C-]#[N+]c1cccc(-c2ccc(-n3c4cc(-c5cc(C)cc(C)c5)ccc4c4ccc(-c5cc(C)cc(C(F)(F)F)c5)cc43)c(C#N)c2-n2c3cc(-c4cc(C)cc(C)c4)ccc3c3ccc(-c4cc(C(F)(F)F)cc(C(F)(F)F)c4)cc32)c1. The number of aryl methyl sites for hydroxylation is 5. The summed E-state index contributed by atoms with van der Waals surface area (Å²) in [5.74, 6) is 0. The number of nitrogens with zero attached hydrogens (tertiary/aromatic N) is 4. The van der Waals surface area contributed by atoms with E-state index in [1.807, 2.05) is 110 Å². The van der Waals surface area contributed by atoms with E-state index in [1.54, 1.807) is 55.5 Å². The van der Waals surface area contributed by atoms with Crippen LogP contribution in [0.2, 0.25) is 0 Å². The third-order valence-corrected chi connectivity index (χ3v) is 15.3. The van der Waals surface area contributed by atoms with E-state index in [0.717, 1.165) is 67.4 Å². The molecule has 408 valence electrons. The Morgan fingerprint density at radius 3 is 1.14 bits per heavy atom. The second kappa shape index (κ2) is 19.7. The van der Waals surface area contributed by atoms with Crippen LogP contribution in [0.15, 0.2) is 182 Å². The summed E-state index contributed by atoms with van der Waals surface area (Å²) in [5.41, 5.74) is 8.47. The van der Waals surface area contributed by atoms with E-state index in [2.05, 4.69) is 29.1 Å². The number of hydrogen-bond acceptors (Lipinski definition) is 1. The second-order valence-electron chi connectivity index (χ2n) is 21.4. The van der Waals surface area contributed by atoms with Crippen LogP contribution in [0.5, 0.6) is 0 Å². The topological polar surface area (TPSA) is 38.0 Å². The molecule has 12 rings (SSSR count). The Balaban J connectivity index is 1.24. The first-order valence-corrected chi connectivity index (χ1v) is 26.3. The lowest BCUT2D eigenvalue weighted by Crippen LogP contribution is -2.11. The van der Waals surface area contributed by atoms with Crippen LogP contribution >= 0.6 is 0 Å². The highest BCUT2D eigenvalue weighted by atomic mass is 19.4. The van der Waals surface area contributed by atoms with Crippen molar-refractivity contribution >= 4 is 49.3 Å². The summed E-state index contributed by atoms with van der Waals surface area (Å²) in [6, 6.07) is 52.5. The fraction of sp³-hybridized carbons (Fsp3) is 0.114. The molecule has 2 aromatic heterocycles. The first kappa shape index (κ1) is 53.8. The van der Waals surface area contributed by atoms with Crippen LogP contribution < -0.4 is 0 Å². The normalized spacial score (nSPS) is 12.2. The lowest BCUT2D eigenvalue weighted by Gasteiger charge is -2.21. The van der Waals surface area contributed by atoms with Crippen molar-refractivity contribution in [3.63, 3.8) is 0 Å². The minimum Gasteiger partial charge on any atom is -0.308 e. The van der Waals surface area contributed by atoms with E-state index in [4.69, 9.17) is 6.57 Å². The summed E-state index contributed by atoms with van der Waals surface area (Å²) in [6.45, 7) is 17.6. The highest BCUT2D eigenvalue weighted by molar-refractivity contribution is 6.14. The van der Waals surface area contributed by atoms with Crippen LogP contribution in [-0.4, -0.2) is 9.13 Å². The molecule has 0 aliphatic carbocycles. The van der Waals surface area contributed by atoms with Gasteiger partial charge in [0.15, 0.2) is 5.69 Å². The fourth-order valence-corrected chi connectivity index (χ4v) is 11.9. The molecule has 0 saturated carbocycles. The fourth-order valence-electron chi connectivity index (χ4n) is 11.9. The minimum absolute atomic E-state index is 0.0255. The molecule has 13 heteroatoms. The van der Waals surface area contributed by atoms with Crippen molar-refractivity contribution in [2.24, 2.45) is 0 Å². The molecule has 0 spiro atoms. The van der Waals surface area contributed by atoms with E-state index in [-0.39, 0.29) is 34.1 Å². The molecule has 2 heterocycles. The summed E-state index contributed by atoms with van der Waals surface area (Å²) in [5, 5.41) is 14.8. The van der Waals surface area contributed by atoms with Crippen molar-refractivity contribution in [1.82, 2.24) is 9.13 Å². The van der Waals surface area contributed by atoms with Gasteiger partial charge in [-0.3, -0.25) is 0 Å². The third-order valence-electron chi connectivity index (χ3n) is 15.3. The zero-order valence-corrected chi connectivity index (χ0v) is 45.0. The van der Waals surface area contributed by atoms with Gasteiger partial charge in [-0.2, -0.15) is 44.8 Å². The maximum Gasteiger partial charge on any atom is 0.416 e. The molecule has 0 atom stereocenters. The molecule has 0 unspecified atom stereocenters.